The predicted molar refractivity (Wildman–Crippen MR) is 118 cm³/mol. The van der Waals surface area contributed by atoms with E-state index in [0.29, 0.717) is 12.0 Å². The first-order chi connectivity index (χ1) is 12.9. The zero-order valence-electron chi connectivity index (χ0n) is 18.7. The molecule has 27 heavy (non-hydrogen) atoms. The largest absolute Gasteiger partial charge is 0.478 e. The maximum Gasteiger partial charge on any atom is 0.330 e. The van der Waals surface area contributed by atoms with Crippen LogP contribution in [0.2, 0.25) is 0 Å². The van der Waals surface area contributed by atoms with E-state index in [1.165, 1.54) is 96.4 Å². The second-order valence-electron chi connectivity index (χ2n) is 8.99. The Hall–Kier alpha value is -0.830. The molecule has 0 aromatic carbocycles. The molecular formula is C24H48NO2+. The third-order valence-corrected chi connectivity index (χ3v) is 5.66. The van der Waals surface area contributed by atoms with Gasteiger partial charge >= 0.3 is 5.97 Å². The average Bonchev–Trinajstić information content (AvgIpc) is 2.61. The number of nitrogens with zero attached hydrogens (tertiary/aromatic N) is 1. The number of carboxylic acid groups (broad SMARTS) is 1. The van der Waals surface area contributed by atoms with Crippen LogP contribution in [0.4, 0.5) is 0 Å². The average molecular weight is 383 g/mol. The van der Waals surface area contributed by atoms with Crippen molar-refractivity contribution in [3.63, 3.8) is 0 Å². The maximum atomic E-state index is 10.8. The van der Waals surface area contributed by atoms with Gasteiger partial charge in [-0.2, -0.15) is 0 Å². The van der Waals surface area contributed by atoms with Crippen molar-refractivity contribution in [1.29, 1.82) is 0 Å². The molecule has 1 N–H and O–H groups in total. The molecule has 0 bridgehead atoms. The van der Waals surface area contributed by atoms with Crippen LogP contribution >= 0.6 is 0 Å². The highest BCUT2D eigenvalue weighted by Gasteiger charge is 2.15. The Kier molecular flexibility index (Phi) is 16.7. The van der Waals surface area contributed by atoms with Gasteiger partial charge < -0.3 is 9.59 Å². The van der Waals surface area contributed by atoms with Gasteiger partial charge in [-0.15, -0.1) is 0 Å². The number of carboxylic acids is 1. The Balaban J connectivity index is 3.37. The molecule has 0 aliphatic heterocycles. The Morgan fingerprint density at radius 1 is 0.704 bits per heavy atom. The molecular weight excluding hydrogens is 334 g/mol. The third kappa shape index (κ3) is 18.3. The van der Waals surface area contributed by atoms with E-state index in [1.807, 2.05) is 0 Å². The van der Waals surface area contributed by atoms with E-state index in [4.69, 9.17) is 5.11 Å². The molecule has 0 aliphatic rings. The van der Waals surface area contributed by atoms with E-state index in [0.717, 1.165) is 17.4 Å². The van der Waals surface area contributed by atoms with Crippen molar-refractivity contribution in [1.82, 2.24) is 0 Å². The second kappa shape index (κ2) is 17.3. The number of hydrogen-bond donors (Lipinski definition) is 1. The molecule has 0 atom stereocenters. The van der Waals surface area contributed by atoms with Crippen molar-refractivity contribution in [2.45, 2.75) is 110 Å². The Morgan fingerprint density at radius 3 is 1.48 bits per heavy atom. The van der Waals surface area contributed by atoms with Crippen LogP contribution in [-0.4, -0.2) is 42.7 Å². The van der Waals surface area contributed by atoms with E-state index < -0.39 is 5.97 Å². The van der Waals surface area contributed by atoms with Crippen LogP contribution in [0.5, 0.6) is 0 Å². The summed E-state index contributed by atoms with van der Waals surface area (Å²) in [7, 11) is 4.51. The second-order valence-corrected chi connectivity index (χ2v) is 8.99. The number of rotatable bonds is 20. The number of aliphatic carboxylic acids is 1. The van der Waals surface area contributed by atoms with Crippen molar-refractivity contribution in [3.05, 3.63) is 12.2 Å². The monoisotopic (exact) mass is 382 g/mol. The van der Waals surface area contributed by atoms with Gasteiger partial charge in [-0.25, -0.2) is 4.79 Å². The summed E-state index contributed by atoms with van der Waals surface area (Å²) >= 11 is 0. The summed E-state index contributed by atoms with van der Waals surface area (Å²) in [6.07, 6.45) is 21.1. The minimum atomic E-state index is -0.854. The molecule has 3 heteroatoms. The summed E-state index contributed by atoms with van der Waals surface area (Å²) in [6.45, 7) is 8.11. The highest BCUT2D eigenvalue weighted by molar-refractivity contribution is 5.85. The summed E-state index contributed by atoms with van der Waals surface area (Å²) in [5.74, 6) is -0.854. The first-order valence-corrected chi connectivity index (χ1v) is 11.6. The lowest BCUT2D eigenvalue weighted by atomic mass is 10.0. The van der Waals surface area contributed by atoms with Crippen LogP contribution in [0.15, 0.2) is 12.2 Å². The molecule has 0 rings (SSSR count). The van der Waals surface area contributed by atoms with Crippen LogP contribution in [-0.2, 0) is 4.79 Å². The van der Waals surface area contributed by atoms with Gasteiger partial charge in [0.1, 0.15) is 0 Å². The van der Waals surface area contributed by atoms with E-state index in [9.17, 15) is 4.79 Å². The number of hydrogen-bond acceptors (Lipinski definition) is 1. The fourth-order valence-electron chi connectivity index (χ4n) is 3.67. The first-order valence-electron chi connectivity index (χ1n) is 11.6. The lowest BCUT2D eigenvalue weighted by molar-refractivity contribution is -0.890. The lowest BCUT2D eigenvalue weighted by Gasteiger charge is -2.30. The van der Waals surface area contributed by atoms with Crippen molar-refractivity contribution >= 4 is 5.97 Å². The normalized spacial score (nSPS) is 11.7. The smallest absolute Gasteiger partial charge is 0.330 e. The van der Waals surface area contributed by atoms with Gasteiger partial charge in [-0.05, 0) is 19.3 Å². The molecule has 0 saturated carbocycles. The molecule has 0 fully saturated rings. The predicted octanol–water partition coefficient (Wildman–Crippen LogP) is 6.97. The number of carbonyl (C=O) groups is 1. The van der Waals surface area contributed by atoms with Crippen molar-refractivity contribution in [2.75, 3.05) is 27.2 Å². The lowest BCUT2D eigenvalue weighted by Crippen LogP contribution is -2.41. The van der Waals surface area contributed by atoms with E-state index >= 15 is 0 Å². The van der Waals surface area contributed by atoms with Crippen molar-refractivity contribution in [3.8, 4) is 0 Å². The van der Waals surface area contributed by atoms with Gasteiger partial charge in [0.2, 0.25) is 0 Å². The van der Waals surface area contributed by atoms with Crippen molar-refractivity contribution < 1.29 is 14.4 Å². The zero-order chi connectivity index (χ0) is 20.4. The van der Waals surface area contributed by atoms with Gasteiger partial charge in [0.15, 0.2) is 0 Å². The van der Waals surface area contributed by atoms with Crippen molar-refractivity contribution in [2.24, 2.45) is 0 Å². The standard InChI is InChI=1S/C24H47NO2/c1-5-6-7-8-9-10-11-12-13-14-15-16-17-18-21-25(3,4)22-19-20-23(2)24(26)27/h2,5-22H2,1,3-4H3/p+1. The van der Waals surface area contributed by atoms with Crippen LogP contribution < -0.4 is 0 Å². The fourth-order valence-corrected chi connectivity index (χ4v) is 3.67. The van der Waals surface area contributed by atoms with Gasteiger partial charge in [0.25, 0.3) is 0 Å². The Morgan fingerprint density at radius 2 is 1.07 bits per heavy atom. The fraction of sp³-hybridized carbons (Fsp3) is 0.875. The molecule has 0 unspecified atom stereocenters. The van der Waals surface area contributed by atoms with E-state index in [2.05, 4.69) is 27.6 Å². The third-order valence-electron chi connectivity index (χ3n) is 5.66. The first kappa shape index (κ1) is 26.2. The molecule has 0 aromatic rings. The molecule has 0 aromatic heterocycles. The molecule has 0 radical (unpaired) electrons. The summed E-state index contributed by atoms with van der Waals surface area (Å²) in [4.78, 5) is 10.8. The number of unbranched alkanes of at least 4 members (excludes halogenated alkanes) is 13. The van der Waals surface area contributed by atoms with Gasteiger partial charge in [0.05, 0.1) is 27.2 Å². The van der Waals surface area contributed by atoms with Gasteiger partial charge in [-0.3, -0.25) is 0 Å². The molecule has 3 nitrogen and oxygen atoms in total. The highest BCUT2D eigenvalue weighted by atomic mass is 16.4. The minimum absolute atomic E-state index is 0.339. The summed E-state index contributed by atoms with van der Waals surface area (Å²) in [5.41, 5.74) is 0.339. The molecule has 160 valence electrons. The molecule has 0 heterocycles. The van der Waals surface area contributed by atoms with Crippen LogP contribution in [0.25, 0.3) is 0 Å². The quantitative estimate of drug-likeness (QED) is 0.140. The van der Waals surface area contributed by atoms with Gasteiger partial charge in [-0.1, -0.05) is 90.6 Å². The van der Waals surface area contributed by atoms with Crippen LogP contribution in [0.3, 0.4) is 0 Å². The SMILES string of the molecule is C=C(CCC[N+](C)(C)CCCCCCCCCCCCCCCC)C(=O)O. The maximum absolute atomic E-state index is 10.8. The topological polar surface area (TPSA) is 37.3 Å². The Labute approximate surface area is 169 Å². The highest BCUT2D eigenvalue weighted by Crippen LogP contribution is 2.14. The van der Waals surface area contributed by atoms with E-state index in [-0.39, 0.29) is 0 Å². The molecule has 0 amide bonds. The van der Waals surface area contributed by atoms with Gasteiger partial charge in [0, 0.05) is 12.0 Å². The summed E-state index contributed by atoms with van der Waals surface area (Å²) in [6, 6.07) is 0. The Bertz CT molecular complexity index is 377. The van der Waals surface area contributed by atoms with E-state index in [1.54, 1.807) is 0 Å². The molecule has 0 aliphatic carbocycles. The minimum Gasteiger partial charge on any atom is -0.478 e. The zero-order valence-corrected chi connectivity index (χ0v) is 18.7. The van der Waals surface area contributed by atoms with Crippen LogP contribution in [0.1, 0.15) is 110 Å². The summed E-state index contributed by atoms with van der Waals surface area (Å²) < 4.78 is 0.991. The van der Waals surface area contributed by atoms with Crippen LogP contribution in [0, 0.1) is 0 Å². The molecule has 0 spiro atoms. The molecule has 0 saturated heterocycles. The number of quaternary nitrogens is 1. The summed E-state index contributed by atoms with van der Waals surface area (Å²) in [5, 5.41) is 8.85.